The van der Waals surface area contributed by atoms with Crippen LogP contribution in [0.25, 0.3) is 0 Å². The van der Waals surface area contributed by atoms with Crippen LogP contribution in [0.2, 0.25) is 0 Å². The molecule has 1 aliphatic carbocycles. The van der Waals surface area contributed by atoms with Crippen LogP contribution < -0.4 is 11.1 Å². The van der Waals surface area contributed by atoms with Crippen molar-refractivity contribution in [1.29, 1.82) is 0 Å². The summed E-state index contributed by atoms with van der Waals surface area (Å²) in [4.78, 5) is 0. The van der Waals surface area contributed by atoms with E-state index in [0.29, 0.717) is 22.8 Å². The SMILES string of the molecule is Cc1nn(C(C)C)c(NCC2C(C)(C)C2(C)C)c1N. The first-order chi connectivity index (χ1) is 8.60. The van der Waals surface area contributed by atoms with Gasteiger partial charge in [0.1, 0.15) is 5.82 Å². The lowest BCUT2D eigenvalue weighted by Gasteiger charge is -2.14. The molecule has 4 heteroatoms. The fourth-order valence-electron chi connectivity index (χ4n) is 3.15. The highest BCUT2D eigenvalue weighted by Crippen LogP contribution is 2.68. The smallest absolute Gasteiger partial charge is 0.148 e. The average molecular weight is 264 g/mol. The van der Waals surface area contributed by atoms with E-state index in [1.54, 1.807) is 0 Å². The first-order valence-corrected chi connectivity index (χ1v) is 7.19. The molecule has 0 unspecified atom stereocenters. The minimum absolute atomic E-state index is 0.318. The van der Waals surface area contributed by atoms with Crippen LogP contribution in [0.5, 0.6) is 0 Å². The summed E-state index contributed by atoms with van der Waals surface area (Å²) in [5.74, 6) is 1.65. The molecular formula is C15H28N4. The van der Waals surface area contributed by atoms with Crippen LogP contribution >= 0.6 is 0 Å². The number of aromatic nitrogens is 2. The number of hydrogen-bond acceptors (Lipinski definition) is 3. The Morgan fingerprint density at radius 1 is 1.26 bits per heavy atom. The van der Waals surface area contributed by atoms with Gasteiger partial charge in [0, 0.05) is 12.6 Å². The van der Waals surface area contributed by atoms with E-state index in [1.165, 1.54) is 0 Å². The van der Waals surface area contributed by atoms with Gasteiger partial charge in [-0.25, -0.2) is 4.68 Å². The Morgan fingerprint density at radius 3 is 2.21 bits per heavy atom. The molecule has 3 N–H and O–H groups in total. The van der Waals surface area contributed by atoms with E-state index in [4.69, 9.17) is 5.73 Å². The van der Waals surface area contributed by atoms with Crippen LogP contribution in [0.4, 0.5) is 11.5 Å². The zero-order valence-electron chi connectivity index (χ0n) is 13.3. The van der Waals surface area contributed by atoms with Crippen LogP contribution in [0.1, 0.15) is 53.3 Å². The maximum Gasteiger partial charge on any atom is 0.148 e. The Balaban J connectivity index is 2.13. The molecule has 0 radical (unpaired) electrons. The second kappa shape index (κ2) is 4.15. The van der Waals surface area contributed by atoms with Gasteiger partial charge < -0.3 is 11.1 Å². The van der Waals surface area contributed by atoms with Crippen molar-refractivity contribution in [3.8, 4) is 0 Å². The van der Waals surface area contributed by atoms with E-state index in [-0.39, 0.29) is 0 Å². The van der Waals surface area contributed by atoms with Crippen molar-refractivity contribution in [2.24, 2.45) is 16.7 Å². The first-order valence-electron chi connectivity index (χ1n) is 7.19. The van der Waals surface area contributed by atoms with E-state index in [1.807, 2.05) is 11.6 Å². The predicted octanol–water partition coefficient (Wildman–Crippen LogP) is 3.45. The van der Waals surface area contributed by atoms with Crippen molar-refractivity contribution >= 4 is 11.5 Å². The van der Waals surface area contributed by atoms with Gasteiger partial charge in [0.25, 0.3) is 0 Å². The third kappa shape index (κ3) is 2.01. The summed E-state index contributed by atoms with van der Waals surface area (Å²) in [6.45, 7) is 16.5. The van der Waals surface area contributed by atoms with Gasteiger partial charge in [-0.15, -0.1) is 0 Å². The Morgan fingerprint density at radius 2 is 1.79 bits per heavy atom. The molecule has 0 atom stereocenters. The maximum absolute atomic E-state index is 6.14. The number of nitrogen functional groups attached to an aromatic ring is 1. The standard InChI is InChI=1S/C15H28N4/c1-9(2)19-13(12(16)10(3)18-19)17-8-11-14(4,5)15(11,6)7/h9,11,17H,8,16H2,1-7H3. The molecule has 0 saturated heterocycles. The fraction of sp³-hybridized carbons (Fsp3) is 0.800. The average Bonchev–Trinajstić information content (AvgIpc) is 2.52. The zero-order valence-corrected chi connectivity index (χ0v) is 13.3. The molecular weight excluding hydrogens is 236 g/mol. The highest BCUT2D eigenvalue weighted by Gasteiger charge is 2.64. The van der Waals surface area contributed by atoms with Crippen molar-refractivity contribution in [1.82, 2.24) is 9.78 Å². The van der Waals surface area contributed by atoms with E-state index in [2.05, 4.69) is 52.0 Å². The number of nitrogens with zero attached hydrogens (tertiary/aromatic N) is 2. The first kappa shape index (κ1) is 14.2. The molecule has 1 aliphatic rings. The van der Waals surface area contributed by atoms with Crippen molar-refractivity contribution in [3.05, 3.63) is 5.69 Å². The van der Waals surface area contributed by atoms with Gasteiger partial charge in [-0.05, 0) is 37.5 Å². The Labute approximate surface area is 116 Å². The number of hydrogen-bond donors (Lipinski definition) is 2. The van der Waals surface area contributed by atoms with Crippen LogP contribution in [0.15, 0.2) is 0 Å². The minimum atomic E-state index is 0.318. The summed E-state index contributed by atoms with van der Waals surface area (Å²) in [6, 6.07) is 0.318. The number of aryl methyl sites for hydroxylation is 1. The largest absolute Gasteiger partial charge is 0.394 e. The summed E-state index contributed by atoms with van der Waals surface area (Å²) in [5.41, 5.74) is 8.62. The summed E-state index contributed by atoms with van der Waals surface area (Å²) < 4.78 is 1.99. The zero-order chi connectivity index (χ0) is 14.6. The second-order valence-corrected chi connectivity index (χ2v) is 7.26. The number of rotatable bonds is 4. The number of nitrogens with one attached hydrogen (secondary N) is 1. The van der Waals surface area contributed by atoms with Crippen molar-refractivity contribution in [2.75, 3.05) is 17.6 Å². The molecule has 1 fully saturated rings. The quantitative estimate of drug-likeness (QED) is 0.875. The highest BCUT2D eigenvalue weighted by molar-refractivity contribution is 5.65. The summed E-state index contributed by atoms with van der Waals surface area (Å²) >= 11 is 0. The normalized spacial score (nSPS) is 20.8. The summed E-state index contributed by atoms with van der Waals surface area (Å²) in [6.07, 6.45) is 0. The third-order valence-electron chi connectivity index (χ3n) is 5.41. The molecule has 1 aromatic rings. The lowest BCUT2D eigenvalue weighted by Crippen LogP contribution is -2.15. The number of anilines is 2. The Hall–Kier alpha value is -1.19. The van der Waals surface area contributed by atoms with Crippen LogP contribution in [-0.4, -0.2) is 16.3 Å². The highest BCUT2D eigenvalue weighted by atomic mass is 15.4. The Kier molecular flexibility index (Phi) is 3.11. The van der Waals surface area contributed by atoms with Gasteiger partial charge >= 0.3 is 0 Å². The van der Waals surface area contributed by atoms with E-state index in [9.17, 15) is 0 Å². The molecule has 0 spiro atoms. The third-order valence-corrected chi connectivity index (χ3v) is 5.41. The molecule has 19 heavy (non-hydrogen) atoms. The van der Waals surface area contributed by atoms with Gasteiger partial charge in [-0.3, -0.25) is 0 Å². The van der Waals surface area contributed by atoms with Gasteiger partial charge in [0.15, 0.2) is 0 Å². The lowest BCUT2D eigenvalue weighted by atomic mass is 10.0. The molecule has 4 nitrogen and oxygen atoms in total. The van der Waals surface area contributed by atoms with Crippen LogP contribution in [0.3, 0.4) is 0 Å². The van der Waals surface area contributed by atoms with E-state index < -0.39 is 0 Å². The molecule has 0 amide bonds. The minimum Gasteiger partial charge on any atom is -0.394 e. The van der Waals surface area contributed by atoms with Gasteiger partial charge in [0.05, 0.1) is 11.4 Å². The molecule has 1 heterocycles. The molecule has 2 rings (SSSR count). The molecule has 108 valence electrons. The van der Waals surface area contributed by atoms with Crippen molar-refractivity contribution in [2.45, 2.75) is 54.5 Å². The van der Waals surface area contributed by atoms with Crippen LogP contribution in [0, 0.1) is 23.7 Å². The van der Waals surface area contributed by atoms with E-state index in [0.717, 1.165) is 23.7 Å². The summed E-state index contributed by atoms with van der Waals surface area (Å²) in [5, 5.41) is 8.04. The van der Waals surface area contributed by atoms with E-state index >= 15 is 0 Å². The van der Waals surface area contributed by atoms with Crippen molar-refractivity contribution < 1.29 is 0 Å². The topological polar surface area (TPSA) is 55.9 Å². The van der Waals surface area contributed by atoms with Gasteiger partial charge in [-0.1, -0.05) is 27.7 Å². The molecule has 0 aliphatic heterocycles. The Bertz CT molecular complexity index is 469. The number of nitrogens with two attached hydrogens (primary N) is 1. The second-order valence-electron chi connectivity index (χ2n) is 7.26. The van der Waals surface area contributed by atoms with Crippen molar-refractivity contribution in [3.63, 3.8) is 0 Å². The fourth-order valence-corrected chi connectivity index (χ4v) is 3.15. The lowest BCUT2D eigenvalue weighted by molar-refractivity contribution is 0.457. The molecule has 0 bridgehead atoms. The summed E-state index contributed by atoms with van der Waals surface area (Å²) in [7, 11) is 0. The molecule has 0 aromatic carbocycles. The maximum atomic E-state index is 6.14. The van der Waals surface area contributed by atoms with Gasteiger partial charge in [0.2, 0.25) is 0 Å². The molecule has 1 saturated carbocycles. The van der Waals surface area contributed by atoms with Gasteiger partial charge in [-0.2, -0.15) is 5.10 Å². The molecule has 1 aromatic heterocycles. The van der Waals surface area contributed by atoms with Crippen LogP contribution in [-0.2, 0) is 0 Å². The monoisotopic (exact) mass is 264 g/mol. The predicted molar refractivity (Wildman–Crippen MR) is 81.3 cm³/mol.